The van der Waals surface area contributed by atoms with Crippen LogP contribution in [0.4, 0.5) is 4.79 Å². The summed E-state index contributed by atoms with van der Waals surface area (Å²) in [6.07, 6.45) is -1.37. The first kappa shape index (κ1) is 24.6. The highest BCUT2D eigenvalue weighted by atomic mass is 31.2. The van der Waals surface area contributed by atoms with E-state index < -0.39 is 25.8 Å². The lowest BCUT2D eigenvalue weighted by Crippen LogP contribution is -2.43. The summed E-state index contributed by atoms with van der Waals surface area (Å²) in [7, 11) is -1.17. The standard InChI is InChI=1S/C19H32NO7P/c1-7-25-17(26-8-2)14-20(19(21)27-9-3)18(28(22,23-5)24-6)16-13-11-10-12-15(16)4/h10-13,17-18H,7-9,14H2,1-6H3. The number of hydrogen-bond acceptors (Lipinski definition) is 7. The van der Waals surface area contributed by atoms with E-state index in [9.17, 15) is 9.36 Å². The summed E-state index contributed by atoms with van der Waals surface area (Å²) in [5.41, 5.74) is 1.47. The normalized spacial score (nSPS) is 12.8. The van der Waals surface area contributed by atoms with Crippen LogP contribution in [-0.2, 0) is 27.8 Å². The third-order valence-corrected chi connectivity index (χ3v) is 6.30. The number of carbonyl (C=O) groups is 1. The van der Waals surface area contributed by atoms with Crippen LogP contribution in [0.2, 0.25) is 0 Å². The predicted molar refractivity (Wildman–Crippen MR) is 106 cm³/mol. The average molecular weight is 417 g/mol. The van der Waals surface area contributed by atoms with Crippen LogP contribution in [0.3, 0.4) is 0 Å². The third kappa shape index (κ3) is 6.29. The van der Waals surface area contributed by atoms with Crippen molar-refractivity contribution in [1.82, 2.24) is 4.90 Å². The molecule has 1 amide bonds. The van der Waals surface area contributed by atoms with Crippen LogP contribution >= 0.6 is 7.60 Å². The first-order chi connectivity index (χ1) is 13.4. The molecule has 0 fully saturated rings. The van der Waals surface area contributed by atoms with Crippen LogP contribution < -0.4 is 0 Å². The highest BCUT2D eigenvalue weighted by Crippen LogP contribution is 2.61. The lowest BCUT2D eigenvalue weighted by atomic mass is 10.1. The first-order valence-electron chi connectivity index (χ1n) is 9.31. The molecule has 0 saturated heterocycles. The molecule has 0 spiro atoms. The van der Waals surface area contributed by atoms with Crippen LogP contribution in [0.15, 0.2) is 24.3 Å². The van der Waals surface area contributed by atoms with Gasteiger partial charge in [0, 0.05) is 27.4 Å². The van der Waals surface area contributed by atoms with E-state index in [4.69, 9.17) is 23.3 Å². The van der Waals surface area contributed by atoms with E-state index >= 15 is 0 Å². The Morgan fingerprint density at radius 1 is 1.04 bits per heavy atom. The van der Waals surface area contributed by atoms with Gasteiger partial charge in [-0.25, -0.2) is 4.79 Å². The molecule has 0 aliphatic rings. The van der Waals surface area contributed by atoms with Crippen molar-refractivity contribution in [3.63, 3.8) is 0 Å². The molecule has 1 aromatic carbocycles. The maximum Gasteiger partial charge on any atom is 0.411 e. The molecule has 0 aliphatic carbocycles. The van der Waals surface area contributed by atoms with E-state index in [2.05, 4.69) is 0 Å². The van der Waals surface area contributed by atoms with Crippen molar-refractivity contribution in [3.8, 4) is 0 Å². The number of benzene rings is 1. The third-order valence-electron chi connectivity index (χ3n) is 4.12. The minimum Gasteiger partial charge on any atom is -0.450 e. The summed E-state index contributed by atoms with van der Waals surface area (Å²) >= 11 is 0. The van der Waals surface area contributed by atoms with E-state index in [1.54, 1.807) is 19.1 Å². The number of carbonyl (C=O) groups excluding carboxylic acids is 1. The van der Waals surface area contributed by atoms with Gasteiger partial charge in [-0.15, -0.1) is 0 Å². The molecular weight excluding hydrogens is 385 g/mol. The van der Waals surface area contributed by atoms with Gasteiger partial charge in [-0.05, 0) is 38.8 Å². The second kappa shape index (κ2) is 12.2. The quantitative estimate of drug-likeness (QED) is 0.370. The van der Waals surface area contributed by atoms with Gasteiger partial charge in [-0.2, -0.15) is 0 Å². The molecule has 1 atom stereocenters. The molecular formula is C19H32NO7P. The topological polar surface area (TPSA) is 83.5 Å². The zero-order chi connectivity index (χ0) is 21.2. The number of nitrogens with zero attached hydrogens (tertiary/aromatic N) is 1. The smallest absolute Gasteiger partial charge is 0.411 e. The maximum absolute atomic E-state index is 13.5. The van der Waals surface area contributed by atoms with Gasteiger partial charge in [-0.1, -0.05) is 24.3 Å². The molecule has 1 aromatic rings. The van der Waals surface area contributed by atoms with E-state index in [0.717, 1.165) is 5.56 Å². The second-order valence-corrected chi connectivity index (χ2v) is 8.13. The SMILES string of the molecule is CCOC(=O)N(CC(OCC)OCC)C(c1ccccc1C)P(=O)(OC)OC. The molecule has 160 valence electrons. The zero-order valence-electron chi connectivity index (χ0n) is 17.5. The fraction of sp³-hybridized carbons (Fsp3) is 0.632. The summed E-state index contributed by atoms with van der Waals surface area (Å²) in [6, 6.07) is 7.31. The second-order valence-electron chi connectivity index (χ2n) is 5.83. The van der Waals surface area contributed by atoms with Crippen LogP contribution in [0.1, 0.15) is 37.7 Å². The van der Waals surface area contributed by atoms with Gasteiger partial charge in [0.1, 0.15) is 0 Å². The number of rotatable bonds is 12. The van der Waals surface area contributed by atoms with Crippen LogP contribution in [0.5, 0.6) is 0 Å². The van der Waals surface area contributed by atoms with Crippen molar-refractivity contribution in [2.45, 2.75) is 39.8 Å². The lowest BCUT2D eigenvalue weighted by Gasteiger charge is -2.36. The molecule has 0 bridgehead atoms. The Bertz CT molecular complexity index is 641. The molecule has 0 N–H and O–H groups in total. The van der Waals surface area contributed by atoms with Crippen molar-refractivity contribution in [3.05, 3.63) is 35.4 Å². The number of hydrogen-bond donors (Lipinski definition) is 0. The van der Waals surface area contributed by atoms with Gasteiger partial charge >= 0.3 is 13.7 Å². The summed E-state index contributed by atoms with van der Waals surface area (Å²) < 4.78 is 40.4. The van der Waals surface area contributed by atoms with Gasteiger partial charge < -0.3 is 23.3 Å². The van der Waals surface area contributed by atoms with Crippen molar-refractivity contribution >= 4 is 13.7 Å². The average Bonchev–Trinajstić information content (AvgIpc) is 2.69. The summed E-state index contributed by atoms with van der Waals surface area (Å²) in [4.78, 5) is 14.2. The molecule has 8 nitrogen and oxygen atoms in total. The molecule has 9 heteroatoms. The van der Waals surface area contributed by atoms with Gasteiger partial charge in [0.05, 0.1) is 13.2 Å². The lowest BCUT2D eigenvalue weighted by molar-refractivity contribution is -0.146. The highest BCUT2D eigenvalue weighted by molar-refractivity contribution is 7.54. The van der Waals surface area contributed by atoms with Crippen LogP contribution in [-0.4, -0.2) is 57.9 Å². The summed E-state index contributed by atoms with van der Waals surface area (Å²) in [5, 5.41) is 0. The predicted octanol–water partition coefficient (Wildman–Crippen LogP) is 4.34. The maximum atomic E-state index is 13.5. The molecule has 0 aromatic heterocycles. The molecule has 0 aliphatic heterocycles. The van der Waals surface area contributed by atoms with Crippen molar-refractivity contribution < 1.29 is 32.6 Å². The minimum atomic E-state index is -3.75. The molecule has 0 heterocycles. The van der Waals surface area contributed by atoms with E-state index in [1.165, 1.54) is 19.1 Å². The molecule has 0 radical (unpaired) electrons. The van der Waals surface area contributed by atoms with E-state index in [0.29, 0.717) is 18.8 Å². The summed E-state index contributed by atoms with van der Waals surface area (Å²) in [6.45, 7) is 8.16. The first-order valence-corrected chi connectivity index (χ1v) is 10.9. The van der Waals surface area contributed by atoms with Gasteiger partial charge in [0.2, 0.25) is 0 Å². The van der Waals surface area contributed by atoms with Crippen LogP contribution in [0, 0.1) is 6.92 Å². The van der Waals surface area contributed by atoms with Gasteiger partial charge in [0.25, 0.3) is 0 Å². The van der Waals surface area contributed by atoms with Crippen molar-refractivity contribution in [1.29, 1.82) is 0 Å². The molecule has 0 saturated carbocycles. The zero-order valence-corrected chi connectivity index (χ0v) is 18.4. The van der Waals surface area contributed by atoms with Crippen molar-refractivity contribution in [2.24, 2.45) is 0 Å². The Labute approximate surface area is 167 Å². The van der Waals surface area contributed by atoms with Crippen LogP contribution in [0.25, 0.3) is 0 Å². The Kier molecular flexibility index (Phi) is 10.7. The summed E-state index contributed by atoms with van der Waals surface area (Å²) in [5.74, 6) is -1.02. The van der Waals surface area contributed by atoms with E-state index in [-0.39, 0.29) is 13.2 Å². The number of amides is 1. The van der Waals surface area contributed by atoms with E-state index in [1.807, 2.05) is 32.9 Å². The van der Waals surface area contributed by atoms with Gasteiger partial charge in [0.15, 0.2) is 12.1 Å². The molecule has 1 unspecified atom stereocenters. The fourth-order valence-corrected chi connectivity index (χ4v) is 4.54. The molecule has 28 heavy (non-hydrogen) atoms. The minimum absolute atomic E-state index is 0.00375. The fourth-order valence-electron chi connectivity index (χ4n) is 2.83. The Hall–Kier alpha value is -1.44. The number of ether oxygens (including phenoxy) is 3. The highest BCUT2D eigenvalue weighted by Gasteiger charge is 2.44. The molecule has 1 rings (SSSR count). The van der Waals surface area contributed by atoms with Crippen molar-refractivity contribution in [2.75, 3.05) is 40.6 Å². The Morgan fingerprint density at radius 3 is 2.07 bits per heavy atom. The monoisotopic (exact) mass is 417 g/mol. The Morgan fingerprint density at radius 2 is 1.61 bits per heavy atom. The largest absolute Gasteiger partial charge is 0.450 e. The number of aryl methyl sites for hydroxylation is 1. The Balaban J connectivity index is 3.50. The van der Waals surface area contributed by atoms with Gasteiger partial charge in [-0.3, -0.25) is 9.46 Å².